The Morgan fingerprint density at radius 1 is 0.828 bits per heavy atom. The summed E-state index contributed by atoms with van der Waals surface area (Å²) >= 11 is 0. The monoisotopic (exact) mass is 381 g/mol. The van der Waals surface area contributed by atoms with Gasteiger partial charge in [0.15, 0.2) is 0 Å². The minimum absolute atomic E-state index is 0.0128. The second-order valence-corrected chi connectivity index (χ2v) is 8.86. The van der Waals surface area contributed by atoms with Crippen molar-refractivity contribution in [3.63, 3.8) is 0 Å². The van der Waals surface area contributed by atoms with Crippen LogP contribution in [0.2, 0.25) is 0 Å². The van der Waals surface area contributed by atoms with Gasteiger partial charge in [-0.05, 0) is 66.5 Å². The Hall–Kier alpha value is -3.14. The van der Waals surface area contributed by atoms with Gasteiger partial charge in [-0.25, -0.2) is 0 Å². The summed E-state index contributed by atoms with van der Waals surface area (Å²) in [6, 6.07) is 17.5. The maximum Gasteiger partial charge on any atom is 0.238 e. The lowest BCUT2D eigenvalue weighted by atomic mass is 9.63. The molecule has 142 valence electrons. The highest BCUT2D eigenvalue weighted by molar-refractivity contribution is 6.22. The molecule has 5 aliphatic rings. The number of carbonyl (C=O) groups is 2. The Bertz CT molecular complexity index is 1150. The molecule has 2 amide bonds. The van der Waals surface area contributed by atoms with Gasteiger partial charge in [0.25, 0.3) is 0 Å². The zero-order valence-electron chi connectivity index (χ0n) is 15.7. The fourth-order valence-corrected chi connectivity index (χ4v) is 6.11. The third kappa shape index (κ3) is 1.99. The SMILES string of the molecule is O=C1[C@@H]2[C@H]3C=C[C@@H]([C@@H]4C[C@H]34)[C@H]2C(=O)N1c1ccc(-c2cc3ccccc3o2)cc1. The number of nitrogens with zero attached hydrogens (tertiary/aromatic N) is 1. The standard InChI is InChI=1S/C25H19NO3/c27-24-22-16-9-10-17(19-12-18(16)19)23(22)25(28)26(24)15-7-5-13(6-8-15)21-11-14-3-1-2-4-20(14)29-21/h1-11,16-19,22-23H,12H2/t16-,17-,18-,19+,22+,23+/m0/s1. The summed E-state index contributed by atoms with van der Waals surface area (Å²) in [5.74, 6) is 2.21. The van der Waals surface area contributed by atoms with Crippen molar-refractivity contribution in [2.75, 3.05) is 4.90 Å². The number of benzene rings is 2. The highest BCUT2D eigenvalue weighted by Gasteiger charge is 2.67. The van der Waals surface area contributed by atoms with Gasteiger partial charge in [-0.3, -0.25) is 14.5 Å². The number of hydrogen-bond acceptors (Lipinski definition) is 3. The molecule has 8 rings (SSSR count). The van der Waals surface area contributed by atoms with Gasteiger partial charge in [0.05, 0.1) is 17.5 Å². The number of furan rings is 1. The van der Waals surface area contributed by atoms with E-state index in [1.807, 2.05) is 54.6 Å². The second kappa shape index (κ2) is 5.26. The summed E-state index contributed by atoms with van der Waals surface area (Å²) in [6.07, 6.45) is 5.60. The van der Waals surface area contributed by atoms with Gasteiger partial charge in [0.2, 0.25) is 11.8 Å². The van der Waals surface area contributed by atoms with E-state index in [-0.39, 0.29) is 35.5 Å². The number of allylic oxidation sites excluding steroid dienone is 2. The van der Waals surface area contributed by atoms with Gasteiger partial charge in [-0.15, -0.1) is 0 Å². The lowest BCUT2D eigenvalue weighted by Gasteiger charge is -2.37. The van der Waals surface area contributed by atoms with E-state index in [9.17, 15) is 9.59 Å². The molecule has 6 atom stereocenters. The van der Waals surface area contributed by atoms with Crippen LogP contribution >= 0.6 is 0 Å². The first kappa shape index (κ1) is 15.7. The predicted molar refractivity (Wildman–Crippen MR) is 109 cm³/mol. The van der Waals surface area contributed by atoms with Crippen LogP contribution in [-0.4, -0.2) is 11.8 Å². The number of para-hydroxylation sites is 1. The van der Waals surface area contributed by atoms with Crippen LogP contribution in [-0.2, 0) is 9.59 Å². The molecule has 0 unspecified atom stereocenters. The molecular weight excluding hydrogens is 362 g/mol. The Balaban J connectivity index is 1.23. The number of fused-ring (bicyclic) bond motifs is 1. The van der Waals surface area contributed by atoms with Crippen LogP contribution in [0.15, 0.2) is 71.2 Å². The number of rotatable bonds is 2. The van der Waals surface area contributed by atoms with Crippen LogP contribution in [0.5, 0.6) is 0 Å². The van der Waals surface area contributed by atoms with Gasteiger partial charge >= 0.3 is 0 Å². The topological polar surface area (TPSA) is 50.5 Å². The minimum Gasteiger partial charge on any atom is -0.456 e. The number of hydrogen-bond donors (Lipinski definition) is 0. The fourth-order valence-electron chi connectivity index (χ4n) is 6.11. The summed E-state index contributed by atoms with van der Waals surface area (Å²) in [4.78, 5) is 27.9. The van der Waals surface area contributed by atoms with Crippen LogP contribution in [0.25, 0.3) is 22.3 Å². The van der Waals surface area contributed by atoms with Crippen molar-refractivity contribution in [3.05, 3.63) is 66.7 Å². The van der Waals surface area contributed by atoms with E-state index < -0.39 is 0 Å². The first-order valence-electron chi connectivity index (χ1n) is 10.4. The van der Waals surface area contributed by atoms with Crippen molar-refractivity contribution in [1.82, 2.24) is 0 Å². The van der Waals surface area contributed by atoms with Crippen LogP contribution in [0, 0.1) is 35.5 Å². The molecule has 2 heterocycles. The lowest BCUT2D eigenvalue weighted by Crippen LogP contribution is -2.40. The Morgan fingerprint density at radius 2 is 1.48 bits per heavy atom. The molecule has 2 aromatic carbocycles. The van der Waals surface area contributed by atoms with E-state index in [1.165, 1.54) is 11.3 Å². The van der Waals surface area contributed by atoms with E-state index in [2.05, 4.69) is 12.2 Å². The number of amides is 2. The van der Waals surface area contributed by atoms with Crippen molar-refractivity contribution in [2.24, 2.45) is 35.5 Å². The fraction of sp³-hybridized carbons (Fsp3) is 0.280. The van der Waals surface area contributed by atoms with Crippen molar-refractivity contribution in [1.29, 1.82) is 0 Å². The number of anilines is 1. The first-order valence-corrected chi connectivity index (χ1v) is 10.4. The molecule has 2 saturated carbocycles. The maximum atomic E-state index is 13.2. The molecular formula is C25H19NO3. The average molecular weight is 381 g/mol. The highest BCUT2D eigenvalue weighted by atomic mass is 16.3. The third-order valence-electron chi connectivity index (χ3n) is 7.50. The van der Waals surface area contributed by atoms with E-state index in [4.69, 9.17) is 4.42 Å². The van der Waals surface area contributed by atoms with Crippen LogP contribution < -0.4 is 4.90 Å². The van der Waals surface area contributed by atoms with E-state index in [0.717, 1.165) is 22.3 Å². The molecule has 0 spiro atoms. The molecule has 2 bridgehead atoms. The van der Waals surface area contributed by atoms with Crippen molar-refractivity contribution in [3.8, 4) is 11.3 Å². The summed E-state index contributed by atoms with van der Waals surface area (Å²) in [7, 11) is 0. The molecule has 0 N–H and O–H groups in total. The maximum absolute atomic E-state index is 13.2. The minimum atomic E-state index is -0.156. The van der Waals surface area contributed by atoms with Gasteiger partial charge in [0.1, 0.15) is 11.3 Å². The zero-order valence-corrected chi connectivity index (χ0v) is 15.7. The summed E-state index contributed by atoms with van der Waals surface area (Å²) in [5, 5.41) is 1.06. The van der Waals surface area contributed by atoms with E-state index >= 15 is 0 Å². The molecule has 4 aliphatic carbocycles. The van der Waals surface area contributed by atoms with Gasteiger partial charge in [-0.1, -0.05) is 30.4 Å². The molecule has 1 aromatic heterocycles. The molecule has 1 saturated heterocycles. The molecule has 1 aliphatic heterocycles. The average Bonchev–Trinajstić information content (AvgIpc) is 3.40. The molecule has 0 radical (unpaired) electrons. The number of imide groups is 1. The van der Waals surface area contributed by atoms with Crippen LogP contribution in [0.1, 0.15) is 6.42 Å². The highest BCUT2D eigenvalue weighted by Crippen LogP contribution is 2.65. The molecule has 4 heteroatoms. The van der Waals surface area contributed by atoms with Gasteiger partial charge < -0.3 is 4.42 Å². The predicted octanol–water partition coefficient (Wildman–Crippen LogP) is 4.66. The number of carbonyl (C=O) groups excluding carboxylic acids is 2. The van der Waals surface area contributed by atoms with Crippen LogP contribution in [0.3, 0.4) is 0 Å². The molecule has 4 nitrogen and oxygen atoms in total. The second-order valence-electron chi connectivity index (χ2n) is 8.86. The summed E-state index contributed by atoms with van der Waals surface area (Å²) < 4.78 is 5.94. The Kier molecular flexibility index (Phi) is 2.86. The van der Waals surface area contributed by atoms with Crippen molar-refractivity contribution >= 4 is 28.5 Å². The Labute approximate surface area is 167 Å². The van der Waals surface area contributed by atoms with Crippen molar-refractivity contribution < 1.29 is 14.0 Å². The molecule has 3 aromatic rings. The normalized spacial score (nSPS) is 34.0. The quantitative estimate of drug-likeness (QED) is 0.479. The largest absolute Gasteiger partial charge is 0.456 e. The zero-order chi connectivity index (χ0) is 19.3. The van der Waals surface area contributed by atoms with Gasteiger partial charge in [0, 0.05) is 10.9 Å². The van der Waals surface area contributed by atoms with Gasteiger partial charge in [-0.2, -0.15) is 0 Å². The Morgan fingerprint density at radius 3 is 2.14 bits per heavy atom. The molecule has 3 fully saturated rings. The lowest BCUT2D eigenvalue weighted by molar-refractivity contribution is -0.124. The summed E-state index contributed by atoms with van der Waals surface area (Å²) in [6.45, 7) is 0. The van der Waals surface area contributed by atoms with E-state index in [1.54, 1.807) is 0 Å². The molecule has 29 heavy (non-hydrogen) atoms. The third-order valence-corrected chi connectivity index (χ3v) is 7.50. The summed E-state index contributed by atoms with van der Waals surface area (Å²) in [5.41, 5.74) is 2.45. The first-order chi connectivity index (χ1) is 14.2. The van der Waals surface area contributed by atoms with E-state index in [0.29, 0.717) is 17.5 Å². The van der Waals surface area contributed by atoms with Crippen LogP contribution in [0.4, 0.5) is 5.69 Å². The van der Waals surface area contributed by atoms with Crippen molar-refractivity contribution in [2.45, 2.75) is 6.42 Å². The smallest absolute Gasteiger partial charge is 0.238 e.